The molecule has 0 unspecified atom stereocenters. The fourth-order valence-electron chi connectivity index (χ4n) is 1.51. The van der Waals surface area contributed by atoms with Crippen LogP contribution in [-0.2, 0) is 4.79 Å². The summed E-state index contributed by atoms with van der Waals surface area (Å²) in [6.45, 7) is 2.22. The van der Waals surface area contributed by atoms with Crippen LogP contribution in [-0.4, -0.2) is 11.1 Å². The Balaban J connectivity index is 3.68. The van der Waals surface area contributed by atoms with Gasteiger partial charge in [-0.1, -0.05) is 93.0 Å². The Morgan fingerprint density at radius 1 is 0.762 bits per heavy atom. The van der Waals surface area contributed by atoms with Crippen molar-refractivity contribution in [3.8, 4) is 0 Å². The third-order valence-electron chi connectivity index (χ3n) is 2.60. The van der Waals surface area contributed by atoms with Gasteiger partial charge in [-0.15, -0.1) is 0 Å². The molecule has 0 bridgehead atoms. The highest BCUT2D eigenvalue weighted by Crippen LogP contribution is 2.02. The monoisotopic (exact) mass is 286 g/mol. The molecular weight excluding hydrogens is 260 g/mol. The highest BCUT2D eigenvalue weighted by atomic mass is 16.4. The van der Waals surface area contributed by atoms with Gasteiger partial charge in [0.05, 0.1) is 0 Å². The lowest BCUT2D eigenvalue weighted by atomic mass is 10.1. The second-order valence-corrected chi connectivity index (χ2v) is 4.51. The van der Waals surface area contributed by atoms with Crippen molar-refractivity contribution < 1.29 is 9.90 Å². The summed E-state index contributed by atoms with van der Waals surface area (Å²) >= 11 is 0. The summed E-state index contributed by atoms with van der Waals surface area (Å²) in [5.41, 5.74) is 0. The van der Waals surface area contributed by atoms with Crippen molar-refractivity contribution in [1.29, 1.82) is 0 Å². The average molecular weight is 286 g/mol. The van der Waals surface area contributed by atoms with Gasteiger partial charge in [-0.3, -0.25) is 0 Å². The minimum atomic E-state index is -0.938. The van der Waals surface area contributed by atoms with Gasteiger partial charge in [-0.05, 0) is 12.8 Å². The van der Waals surface area contributed by atoms with E-state index in [9.17, 15) is 4.79 Å². The van der Waals surface area contributed by atoms with E-state index in [1.165, 1.54) is 31.8 Å². The second kappa shape index (κ2) is 16.0. The molecular formula is C19H26O2. The number of aliphatic carboxylic acids is 1. The fourth-order valence-corrected chi connectivity index (χ4v) is 1.51. The van der Waals surface area contributed by atoms with Gasteiger partial charge >= 0.3 is 5.97 Å². The average Bonchev–Trinajstić information content (AvgIpc) is 2.46. The summed E-state index contributed by atoms with van der Waals surface area (Å²) in [7, 11) is 0. The van der Waals surface area contributed by atoms with Crippen LogP contribution in [0.1, 0.15) is 39.0 Å². The topological polar surface area (TPSA) is 37.3 Å². The Kier molecular flexibility index (Phi) is 14.4. The van der Waals surface area contributed by atoms with Crippen LogP contribution < -0.4 is 0 Å². The number of hydrogen-bond donors (Lipinski definition) is 1. The highest BCUT2D eigenvalue weighted by Gasteiger charge is 1.82. The predicted molar refractivity (Wildman–Crippen MR) is 91.2 cm³/mol. The van der Waals surface area contributed by atoms with E-state index in [2.05, 4.69) is 19.1 Å². The summed E-state index contributed by atoms with van der Waals surface area (Å²) in [5, 5.41) is 8.37. The first-order chi connectivity index (χ1) is 10.3. The van der Waals surface area contributed by atoms with Gasteiger partial charge in [-0.25, -0.2) is 4.79 Å². The van der Waals surface area contributed by atoms with E-state index in [-0.39, 0.29) is 0 Å². The smallest absolute Gasteiger partial charge is 0.328 e. The van der Waals surface area contributed by atoms with Crippen LogP contribution in [0.25, 0.3) is 0 Å². The molecule has 0 rings (SSSR count). The molecule has 0 aliphatic rings. The van der Waals surface area contributed by atoms with Gasteiger partial charge in [0.25, 0.3) is 0 Å². The van der Waals surface area contributed by atoms with E-state index in [0.717, 1.165) is 12.5 Å². The van der Waals surface area contributed by atoms with Gasteiger partial charge in [0.2, 0.25) is 0 Å². The molecule has 1 N–H and O–H groups in total. The summed E-state index contributed by atoms with van der Waals surface area (Å²) in [6.07, 6.45) is 28.3. The third kappa shape index (κ3) is 17.9. The summed E-state index contributed by atoms with van der Waals surface area (Å²) in [6, 6.07) is 0. The van der Waals surface area contributed by atoms with E-state index in [0.29, 0.717) is 0 Å². The minimum Gasteiger partial charge on any atom is -0.478 e. The van der Waals surface area contributed by atoms with Crippen molar-refractivity contribution in [1.82, 2.24) is 0 Å². The maximum absolute atomic E-state index is 10.2. The van der Waals surface area contributed by atoms with Crippen LogP contribution in [0.2, 0.25) is 0 Å². The van der Waals surface area contributed by atoms with Crippen molar-refractivity contribution in [3.05, 3.63) is 72.9 Å². The molecule has 0 heterocycles. The standard InChI is InChI=1S/C19H26O2/c1-2-3-4-5-6-7-8-9-10-11-12-13-14-15-16-17-18-19(20)21/h7-18H,2-6H2,1H3,(H,20,21). The van der Waals surface area contributed by atoms with E-state index in [1.807, 2.05) is 36.5 Å². The lowest BCUT2D eigenvalue weighted by Gasteiger charge is -1.92. The predicted octanol–water partition coefficient (Wildman–Crippen LogP) is 5.38. The van der Waals surface area contributed by atoms with Gasteiger partial charge in [0, 0.05) is 6.08 Å². The molecule has 2 nitrogen and oxygen atoms in total. The molecule has 0 aliphatic heterocycles. The van der Waals surface area contributed by atoms with E-state index >= 15 is 0 Å². The summed E-state index contributed by atoms with van der Waals surface area (Å²) in [5.74, 6) is -0.938. The van der Waals surface area contributed by atoms with Gasteiger partial charge < -0.3 is 5.11 Å². The van der Waals surface area contributed by atoms with E-state index in [4.69, 9.17) is 5.11 Å². The van der Waals surface area contributed by atoms with Crippen molar-refractivity contribution in [2.24, 2.45) is 0 Å². The molecule has 0 fully saturated rings. The van der Waals surface area contributed by atoms with Crippen LogP contribution in [0.15, 0.2) is 72.9 Å². The Labute approximate surface area is 128 Å². The number of carboxylic acids is 1. The molecule has 0 spiro atoms. The fraction of sp³-hybridized carbons (Fsp3) is 0.316. The van der Waals surface area contributed by atoms with Gasteiger partial charge in [0.15, 0.2) is 0 Å². The first-order valence-electron chi connectivity index (χ1n) is 7.50. The zero-order valence-corrected chi connectivity index (χ0v) is 12.8. The zero-order chi connectivity index (χ0) is 15.6. The van der Waals surface area contributed by atoms with Crippen molar-refractivity contribution in [2.45, 2.75) is 39.0 Å². The Morgan fingerprint density at radius 2 is 1.29 bits per heavy atom. The van der Waals surface area contributed by atoms with Crippen molar-refractivity contribution in [2.75, 3.05) is 0 Å². The Hall–Kier alpha value is -2.09. The molecule has 0 saturated heterocycles. The number of rotatable bonds is 11. The van der Waals surface area contributed by atoms with Crippen LogP contribution in [0, 0.1) is 0 Å². The number of hydrogen-bond acceptors (Lipinski definition) is 1. The van der Waals surface area contributed by atoms with Crippen LogP contribution in [0.5, 0.6) is 0 Å². The maximum Gasteiger partial charge on any atom is 0.328 e. The Morgan fingerprint density at radius 3 is 1.81 bits per heavy atom. The summed E-state index contributed by atoms with van der Waals surface area (Å²) in [4.78, 5) is 10.2. The zero-order valence-electron chi connectivity index (χ0n) is 12.8. The molecule has 2 heteroatoms. The number of carbonyl (C=O) groups is 1. The molecule has 0 aliphatic carbocycles. The molecule has 0 amide bonds. The largest absolute Gasteiger partial charge is 0.478 e. The minimum absolute atomic E-state index is 0.938. The number of unbranched alkanes of at least 4 members (excludes halogenated alkanes) is 4. The molecule has 0 aromatic carbocycles. The lowest BCUT2D eigenvalue weighted by molar-refractivity contribution is -0.131. The molecule has 0 aromatic rings. The quantitative estimate of drug-likeness (QED) is 0.314. The number of allylic oxidation sites excluding steroid dienone is 11. The third-order valence-corrected chi connectivity index (χ3v) is 2.60. The van der Waals surface area contributed by atoms with Gasteiger partial charge in [0.1, 0.15) is 0 Å². The van der Waals surface area contributed by atoms with Gasteiger partial charge in [-0.2, -0.15) is 0 Å². The van der Waals surface area contributed by atoms with Crippen molar-refractivity contribution >= 4 is 5.97 Å². The molecule has 0 atom stereocenters. The van der Waals surface area contributed by atoms with Crippen molar-refractivity contribution in [3.63, 3.8) is 0 Å². The van der Waals surface area contributed by atoms with Crippen LogP contribution in [0.3, 0.4) is 0 Å². The SMILES string of the molecule is CCCCCCC=CC=CC=CC=CC=CC=CC(=O)O. The second-order valence-electron chi connectivity index (χ2n) is 4.51. The molecule has 0 radical (unpaired) electrons. The first-order valence-corrected chi connectivity index (χ1v) is 7.50. The van der Waals surface area contributed by atoms with E-state index < -0.39 is 5.97 Å². The maximum atomic E-state index is 10.2. The first kappa shape index (κ1) is 18.9. The Bertz CT molecular complexity index is 421. The molecule has 0 aromatic heterocycles. The normalized spacial score (nSPS) is 13.2. The molecule has 21 heavy (non-hydrogen) atoms. The van der Waals surface area contributed by atoms with Crippen LogP contribution >= 0.6 is 0 Å². The highest BCUT2D eigenvalue weighted by molar-refractivity contribution is 5.80. The lowest BCUT2D eigenvalue weighted by Crippen LogP contribution is -1.84. The van der Waals surface area contributed by atoms with Crippen LogP contribution in [0.4, 0.5) is 0 Å². The summed E-state index contributed by atoms with van der Waals surface area (Å²) < 4.78 is 0. The van der Waals surface area contributed by atoms with E-state index in [1.54, 1.807) is 12.2 Å². The number of carboxylic acid groups (broad SMARTS) is 1. The molecule has 114 valence electrons. The molecule has 0 saturated carbocycles.